The topological polar surface area (TPSA) is 9.23 Å². The van der Waals surface area contributed by atoms with Crippen LogP contribution in [0.3, 0.4) is 0 Å². The zero-order chi connectivity index (χ0) is 15.6. The summed E-state index contributed by atoms with van der Waals surface area (Å²) in [4.78, 5) is 0. The van der Waals surface area contributed by atoms with E-state index in [9.17, 15) is 0 Å². The first-order valence-corrected chi connectivity index (χ1v) is 7.91. The van der Waals surface area contributed by atoms with Gasteiger partial charge in [0.25, 0.3) is 0 Å². The molecule has 1 nitrogen and oxygen atoms in total. The molecular weight excluding hydrogens is 244 g/mol. The van der Waals surface area contributed by atoms with Gasteiger partial charge in [-0.2, -0.15) is 0 Å². The maximum Gasteiger partial charge on any atom is 0.123 e. The van der Waals surface area contributed by atoms with Gasteiger partial charge in [0.15, 0.2) is 0 Å². The van der Waals surface area contributed by atoms with Crippen molar-refractivity contribution < 1.29 is 4.74 Å². The second-order valence-electron chi connectivity index (χ2n) is 7.77. The van der Waals surface area contributed by atoms with Gasteiger partial charge in [-0.3, -0.25) is 0 Å². The lowest BCUT2D eigenvalue weighted by Gasteiger charge is -2.28. The lowest BCUT2D eigenvalue weighted by Crippen LogP contribution is -2.20. The summed E-state index contributed by atoms with van der Waals surface area (Å²) < 4.78 is 6.24. The van der Waals surface area contributed by atoms with E-state index >= 15 is 0 Å². The maximum atomic E-state index is 6.24. The molecule has 0 saturated heterocycles. The number of hydrogen-bond acceptors (Lipinski definition) is 1. The van der Waals surface area contributed by atoms with Gasteiger partial charge in [0.1, 0.15) is 5.75 Å². The van der Waals surface area contributed by atoms with Crippen molar-refractivity contribution >= 4 is 0 Å². The number of rotatable bonds is 4. The molecule has 0 aromatic heterocycles. The Morgan fingerprint density at radius 2 is 1.45 bits per heavy atom. The predicted octanol–water partition coefficient (Wildman–Crippen LogP) is 5.85. The molecule has 0 atom stereocenters. The highest BCUT2D eigenvalue weighted by molar-refractivity contribution is 5.43. The number of benzene rings is 1. The fourth-order valence-corrected chi connectivity index (χ4v) is 2.32. The molecule has 0 saturated carbocycles. The second kappa shape index (κ2) is 6.20. The Morgan fingerprint density at radius 3 is 1.85 bits per heavy atom. The molecule has 0 aliphatic heterocycles. The third-order valence-electron chi connectivity index (χ3n) is 3.86. The molecule has 0 spiro atoms. The first-order chi connectivity index (χ1) is 9.09. The van der Waals surface area contributed by atoms with Crippen molar-refractivity contribution in [2.75, 3.05) is 0 Å². The Hall–Kier alpha value is -0.980. The highest BCUT2D eigenvalue weighted by Gasteiger charge is 2.23. The lowest BCUT2D eigenvalue weighted by atomic mass is 9.80. The van der Waals surface area contributed by atoms with Crippen LogP contribution in [-0.2, 0) is 10.8 Å². The second-order valence-corrected chi connectivity index (χ2v) is 7.77. The summed E-state index contributed by atoms with van der Waals surface area (Å²) in [6, 6.07) is 6.71. The van der Waals surface area contributed by atoms with Crippen LogP contribution < -0.4 is 4.74 Å². The standard InChI is InChI=1S/C19H32O/c1-9-15(10-2)20-17-12-11-14(18(3,4)5)13-16(17)19(6,7)8/h11-13,15H,9-10H2,1-8H3. The highest BCUT2D eigenvalue weighted by atomic mass is 16.5. The van der Waals surface area contributed by atoms with Gasteiger partial charge in [-0.15, -0.1) is 0 Å². The number of hydrogen-bond donors (Lipinski definition) is 0. The van der Waals surface area contributed by atoms with Crippen LogP contribution in [-0.4, -0.2) is 6.10 Å². The molecule has 0 fully saturated rings. The minimum Gasteiger partial charge on any atom is -0.490 e. The summed E-state index contributed by atoms with van der Waals surface area (Å²) in [5.74, 6) is 1.05. The summed E-state index contributed by atoms with van der Waals surface area (Å²) in [7, 11) is 0. The Labute approximate surface area is 125 Å². The monoisotopic (exact) mass is 276 g/mol. The van der Waals surface area contributed by atoms with Crippen molar-refractivity contribution in [2.45, 2.75) is 85.2 Å². The molecule has 0 radical (unpaired) electrons. The van der Waals surface area contributed by atoms with Gasteiger partial charge < -0.3 is 4.74 Å². The fraction of sp³-hybridized carbons (Fsp3) is 0.684. The van der Waals surface area contributed by atoms with E-state index in [2.05, 4.69) is 73.6 Å². The number of ether oxygens (including phenoxy) is 1. The van der Waals surface area contributed by atoms with Crippen molar-refractivity contribution in [3.63, 3.8) is 0 Å². The quantitative estimate of drug-likeness (QED) is 0.670. The molecule has 0 unspecified atom stereocenters. The molecular formula is C19H32O. The molecule has 0 amide bonds. The summed E-state index contributed by atoms with van der Waals surface area (Å²) >= 11 is 0. The van der Waals surface area contributed by atoms with Crippen LogP contribution >= 0.6 is 0 Å². The van der Waals surface area contributed by atoms with Crippen LogP contribution in [0.5, 0.6) is 5.75 Å². The first-order valence-electron chi connectivity index (χ1n) is 7.91. The van der Waals surface area contributed by atoms with Crippen molar-refractivity contribution in [1.29, 1.82) is 0 Å². The van der Waals surface area contributed by atoms with E-state index in [1.807, 2.05) is 0 Å². The predicted molar refractivity (Wildman–Crippen MR) is 88.8 cm³/mol. The van der Waals surface area contributed by atoms with Gasteiger partial charge in [-0.05, 0) is 40.9 Å². The van der Waals surface area contributed by atoms with Gasteiger partial charge in [-0.25, -0.2) is 0 Å². The van der Waals surface area contributed by atoms with Gasteiger partial charge in [0.05, 0.1) is 6.10 Å². The molecule has 1 rings (SSSR count). The lowest BCUT2D eigenvalue weighted by molar-refractivity contribution is 0.188. The molecule has 1 heteroatoms. The Morgan fingerprint density at radius 1 is 0.900 bits per heavy atom. The summed E-state index contributed by atoms with van der Waals surface area (Å²) in [5, 5.41) is 0. The normalized spacial score (nSPS) is 12.8. The fourth-order valence-electron chi connectivity index (χ4n) is 2.32. The van der Waals surface area contributed by atoms with Crippen molar-refractivity contribution in [3.05, 3.63) is 29.3 Å². The van der Waals surface area contributed by atoms with Gasteiger partial charge in [-0.1, -0.05) is 67.5 Å². The van der Waals surface area contributed by atoms with Crippen LogP contribution in [0, 0.1) is 0 Å². The smallest absolute Gasteiger partial charge is 0.123 e. The molecule has 1 aromatic rings. The van der Waals surface area contributed by atoms with Crippen LogP contribution in [0.1, 0.15) is 79.4 Å². The Balaban J connectivity index is 3.24. The average Bonchev–Trinajstić information content (AvgIpc) is 2.33. The van der Waals surface area contributed by atoms with Crippen LogP contribution in [0.25, 0.3) is 0 Å². The Bertz CT molecular complexity index is 428. The van der Waals surface area contributed by atoms with Crippen molar-refractivity contribution in [2.24, 2.45) is 0 Å². The summed E-state index contributed by atoms with van der Waals surface area (Å²) in [6.07, 6.45) is 2.43. The molecule has 0 bridgehead atoms. The zero-order valence-corrected chi connectivity index (χ0v) is 14.6. The summed E-state index contributed by atoms with van der Waals surface area (Å²) in [6.45, 7) is 17.9. The maximum absolute atomic E-state index is 6.24. The molecule has 114 valence electrons. The average molecular weight is 276 g/mol. The van der Waals surface area contributed by atoms with E-state index in [1.54, 1.807) is 0 Å². The van der Waals surface area contributed by atoms with Crippen molar-refractivity contribution in [1.82, 2.24) is 0 Å². The SMILES string of the molecule is CCC(CC)Oc1ccc(C(C)(C)C)cc1C(C)(C)C. The molecule has 0 heterocycles. The van der Waals surface area contributed by atoms with E-state index in [-0.39, 0.29) is 10.8 Å². The van der Waals surface area contributed by atoms with E-state index in [0.717, 1.165) is 18.6 Å². The van der Waals surface area contributed by atoms with Crippen molar-refractivity contribution in [3.8, 4) is 5.75 Å². The zero-order valence-electron chi connectivity index (χ0n) is 14.6. The van der Waals surface area contributed by atoms with E-state index in [0.29, 0.717) is 6.10 Å². The minimum absolute atomic E-state index is 0.0998. The van der Waals surface area contributed by atoms with Crippen LogP contribution in [0.15, 0.2) is 18.2 Å². The van der Waals surface area contributed by atoms with E-state index in [4.69, 9.17) is 4.74 Å². The Kier molecular flexibility index (Phi) is 5.29. The summed E-state index contributed by atoms with van der Waals surface area (Å²) in [5.41, 5.74) is 2.96. The first kappa shape index (κ1) is 17.1. The van der Waals surface area contributed by atoms with Crippen LogP contribution in [0.2, 0.25) is 0 Å². The van der Waals surface area contributed by atoms with E-state index < -0.39 is 0 Å². The largest absolute Gasteiger partial charge is 0.490 e. The van der Waals surface area contributed by atoms with Crippen LogP contribution in [0.4, 0.5) is 0 Å². The third-order valence-corrected chi connectivity index (χ3v) is 3.86. The van der Waals surface area contributed by atoms with E-state index in [1.165, 1.54) is 11.1 Å². The highest BCUT2D eigenvalue weighted by Crippen LogP contribution is 2.36. The molecule has 0 aliphatic rings. The van der Waals surface area contributed by atoms with Gasteiger partial charge in [0.2, 0.25) is 0 Å². The van der Waals surface area contributed by atoms with Gasteiger partial charge >= 0.3 is 0 Å². The molecule has 0 aliphatic carbocycles. The third kappa shape index (κ3) is 4.26. The van der Waals surface area contributed by atoms with Gasteiger partial charge in [0, 0.05) is 0 Å². The molecule has 1 aromatic carbocycles. The molecule has 0 N–H and O–H groups in total. The minimum atomic E-state index is 0.0998. The molecule has 20 heavy (non-hydrogen) atoms.